The molecule has 4 rings (SSSR count). The Morgan fingerprint density at radius 2 is 1.91 bits per heavy atom. The molecular weight excluding hydrogens is 422 g/mol. The van der Waals surface area contributed by atoms with E-state index in [-0.39, 0.29) is 25.3 Å². The van der Waals surface area contributed by atoms with Gasteiger partial charge in [-0.3, -0.25) is 0 Å². The summed E-state index contributed by atoms with van der Waals surface area (Å²) in [4.78, 5) is 12.0. The van der Waals surface area contributed by atoms with E-state index in [9.17, 15) is 4.79 Å². The van der Waals surface area contributed by atoms with Crippen molar-refractivity contribution in [1.82, 2.24) is 5.32 Å². The first-order chi connectivity index (χ1) is 16.2. The van der Waals surface area contributed by atoms with Gasteiger partial charge in [0, 0.05) is 6.04 Å². The molecule has 3 fully saturated rings. The van der Waals surface area contributed by atoms with Gasteiger partial charge in [0.25, 0.3) is 0 Å². The molecule has 0 heterocycles. The third-order valence-corrected chi connectivity index (χ3v) is 11.0. The number of rotatable bonds is 8. The van der Waals surface area contributed by atoms with E-state index in [0.29, 0.717) is 10.8 Å². The van der Waals surface area contributed by atoms with Gasteiger partial charge < -0.3 is 15.2 Å². The van der Waals surface area contributed by atoms with E-state index in [0.717, 1.165) is 48.3 Å². The van der Waals surface area contributed by atoms with Crippen LogP contribution in [0.25, 0.3) is 0 Å². The number of hydrogen-bond donors (Lipinski definition) is 2. The lowest BCUT2D eigenvalue weighted by molar-refractivity contribution is -0.0514. The van der Waals surface area contributed by atoms with Crippen molar-refractivity contribution in [2.45, 2.75) is 111 Å². The zero-order valence-electron chi connectivity index (χ0n) is 22.6. The van der Waals surface area contributed by atoms with E-state index in [1.165, 1.54) is 57.8 Å². The number of nitrogens with one attached hydrogen (secondary N) is 1. The molecule has 34 heavy (non-hydrogen) atoms. The van der Waals surface area contributed by atoms with Crippen molar-refractivity contribution in [3.63, 3.8) is 0 Å². The Balaban J connectivity index is 1.41. The summed E-state index contributed by atoms with van der Waals surface area (Å²) in [6.45, 7) is 12.4. The van der Waals surface area contributed by atoms with Crippen LogP contribution in [-0.2, 0) is 4.74 Å². The van der Waals surface area contributed by atoms with Crippen LogP contribution in [0.15, 0.2) is 11.6 Å². The zero-order valence-corrected chi connectivity index (χ0v) is 22.6. The summed E-state index contributed by atoms with van der Waals surface area (Å²) in [5.41, 5.74) is 2.43. The van der Waals surface area contributed by atoms with E-state index < -0.39 is 0 Å². The average molecular weight is 474 g/mol. The first kappa shape index (κ1) is 26.0. The third-order valence-electron chi connectivity index (χ3n) is 11.0. The second-order valence-corrected chi connectivity index (χ2v) is 13.2. The summed E-state index contributed by atoms with van der Waals surface area (Å²) in [5.74, 6) is 5.15. The lowest BCUT2D eigenvalue weighted by Crippen LogP contribution is -2.52. The Hall–Kier alpha value is -1.03. The molecule has 0 aromatic heterocycles. The van der Waals surface area contributed by atoms with Gasteiger partial charge in [-0.25, -0.2) is 4.79 Å². The molecule has 2 N–H and O–H groups in total. The molecule has 0 aromatic carbocycles. The quantitative estimate of drug-likeness (QED) is 0.369. The molecule has 3 unspecified atom stereocenters. The van der Waals surface area contributed by atoms with Gasteiger partial charge in [0.2, 0.25) is 0 Å². The Bertz CT molecular complexity index is 747. The zero-order chi connectivity index (χ0) is 24.5. The highest BCUT2D eigenvalue weighted by Crippen LogP contribution is 2.67. The minimum absolute atomic E-state index is 0.0697. The normalized spacial score (nSPS) is 40.1. The average Bonchev–Trinajstić information content (AvgIpc) is 3.15. The Morgan fingerprint density at radius 1 is 1.12 bits per heavy atom. The monoisotopic (exact) mass is 473 g/mol. The van der Waals surface area contributed by atoms with Crippen LogP contribution in [-0.4, -0.2) is 30.5 Å². The summed E-state index contributed by atoms with van der Waals surface area (Å²) in [7, 11) is 0. The van der Waals surface area contributed by atoms with Gasteiger partial charge in [0.1, 0.15) is 6.61 Å². The molecule has 0 radical (unpaired) electrons. The maximum Gasteiger partial charge on any atom is 0.407 e. The molecule has 4 aliphatic rings. The molecule has 0 bridgehead atoms. The highest BCUT2D eigenvalue weighted by Gasteiger charge is 2.59. The molecule has 3 saturated carbocycles. The van der Waals surface area contributed by atoms with Crippen molar-refractivity contribution in [3.8, 4) is 0 Å². The van der Waals surface area contributed by atoms with E-state index in [1.54, 1.807) is 5.57 Å². The molecule has 194 valence electrons. The number of fused-ring (bicyclic) bond motifs is 5. The number of ether oxygens (including phenoxy) is 1. The molecule has 0 saturated heterocycles. The van der Waals surface area contributed by atoms with Crippen LogP contribution < -0.4 is 5.32 Å². The van der Waals surface area contributed by atoms with Gasteiger partial charge in [0.15, 0.2) is 0 Å². The highest BCUT2D eigenvalue weighted by molar-refractivity contribution is 5.67. The van der Waals surface area contributed by atoms with Gasteiger partial charge in [-0.1, -0.05) is 65.5 Å². The van der Waals surface area contributed by atoms with E-state index in [2.05, 4.69) is 46.0 Å². The number of alkyl carbamates (subject to hydrolysis) is 1. The van der Waals surface area contributed by atoms with Gasteiger partial charge in [-0.05, 0) is 97.7 Å². The largest absolute Gasteiger partial charge is 0.447 e. The van der Waals surface area contributed by atoms with Crippen LogP contribution in [0.2, 0.25) is 0 Å². The van der Waals surface area contributed by atoms with Crippen molar-refractivity contribution in [2.75, 3.05) is 13.2 Å². The number of carbonyl (C=O) groups is 1. The summed E-state index contributed by atoms with van der Waals surface area (Å²) >= 11 is 0. The molecule has 0 aliphatic heterocycles. The number of carbonyl (C=O) groups excluding carboxylic acids is 1. The van der Waals surface area contributed by atoms with Crippen LogP contribution in [0.4, 0.5) is 4.79 Å². The van der Waals surface area contributed by atoms with Crippen molar-refractivity contribution in [2.24, 2.45) is 46.3 Å². The van der Waals surface area contributed by atoms with Crippen molar-refractivity contribution < 1.29 is 14.6 Å². The number of aliphatic hydroxyl groups excluding tert-OH is 1. The van der Waals surface area contributed by atoms with Gasteiger partial charge in [-0.2, -0.15) is 0 Å². The van der Waals surface area contributed by atoms with Crippen LogP contribution in [0.1, 0.15) is 105 Å². The number of aliphatic hydroxyl groups is 1. The maximum absolute atomic E-state index is 12.0. The first-order valence-corrected chi connectivity index (χ1v) is 14.4. The molecule has 4 aliphatic carbocycles. The minimum atomic E-state index is -0.384. The summed E-state index contributed by atoms with van der Waals surface area (Å²) in [6, 6.07) is 0.165. The predicted molar refractivity (Wildman–Crippen MR) is 138 cm³/mol. The fourth-order valence-electron chi connectivity index (χ4n) is 9.16. The molecule has 0 aromatic rings. The maximum atomic E-state index is 12.0. The number of allylic oxidation sites excluding steroid dienone is 1. The van der Waals surface area contributed by atoms with Crippen LogP contribution in [0.5, 0.6) is 0 Å². The van der Waals surface area contributed by atoms with Crippen molar-refractivity contribution >= 4 is 6.09 Å². The Morgan fingerprint density at radius 3 is 2.65 bits per heavy atom. The topological polar surface area (TPSA) is 58.6 Å². The Labute approximate surface area is 208 Å². The van der Waals surface area contributed by atoms with Gasteiger partial charge in [0.05, 0.1) is 6.61 Å². The lowest BCUT2D eigenvalue weighted by Gasteiger charge is -2.58. The molecule has 1 amide bonds. The van der Waals surface area contributed by atoms with E-state index >= 15 is 0 Å². The van der Waals surface area contributed by atoms with Crippen LogP contribution in [0.3, 0.4) is 0 Å². The minimum Gasteiger partial charge on any atom is -0.447 e. The second-order valence-electron chi connectivity index (χ2n) is 13.2. The SMILES string of the molecule is CC(C)CCC[C@@H](C)[C@H]1CCC2C3CC=C4C[C@@H](NC(=O)OCCO)CC[C@]4(C)C3CC[C@@]21C. The van der Waals surface area contributed by atoms with E-state index in [4.69, 9.17) is 9.84 Å². The van der Waals surface area contributed by atoms with Crippen LogP contribution in [0, 0.1) is 46.3 Å². The summed E-state index contributed by atoms with van der Waals surface area (Å²) in [6.07, 6.45) is 16.5. The van der Waals surface area contributed by atoms with Crippen LogP contribution >= 0.6 is 0 Å². The van der Waals surface area contributed by atoms with Crippen molar-refractivity contribution in [1.29, 1.82) is 0 Å². The van der Waals surface area contributed by atoms with Gasteiger partial charge in [-0.15, -0.1) is 0 Å². The number of hydrogen-bond acceptors (Lipinski definition) is 3. The highest BCUT2D eigenvalue weighted by atomic mass is 16.6. The molecule has 0 spiro atoms. The summed E-state index contributed by atoms with van der Waals surface area (Å²) in [5, 5.41) is 11.9. The predicted octanol–water partition coefficient (Wildman–Crippen LogP) is 7.11. The summed E-state index contributed by atoms with van der Waals surface area (Å²) < 4.78 is 5.05. The smallest absolute Gasteiger partial charge is 0.407 e. The standard InChI is InChI=1S/C30H51NO3/c1-20(2)7-6-8-21(3)25-11-12-26-24-10-9-22-19-23(31-28(33)34-18-17-32)13-15-29(22,4)27(24)14-16-30(25,26)5/h9,20-21,23-27,32H,6-8,10-19H2,1-5H3,(H,31,33)/t21-,23+,24?,25-,26?,27?,29+,30-/m1/s1. The van der Waals surface area contributed by atoms with E-state index in [1.807, 2.05) is 0 Å². The Kier molecular flexibility index (Phi) is 8.06. The van der Waals surface area contributed by atoms with Crippen molar-refractivity contribution in [3.05, 3.63) is 11.6 Å². The molecule has 4 heteroatoms. The van der Waals surface area contributed by atoms with Gasteiger partial charge >= 0.3 is 6.09 Å². The first-order valence-electron chi connectivity index (χ1n) is 14.4. The second kappa shape index (κ2) is 10.5. The molecule has 4 nitrogen and oxygen atoms in total. The fraction of sp³-hybridized carbons (Fsp3) is 0.900. The number of amides is 1. The molecular formula is C30H51NO3. The third kappa shape index (κ3) is 4.95. The fourth-order valence-corrected chi connectivity index (χ4v) is 9.16. The lowest BCUT2D eigenvalue weighted by atomic mass is 9.47. The molecule has 8 atom stereocenters.